The quantitative estimate of drug-likeness (QED) is 0.810. The van der Waals surface area contributed by atoms with Crippen LogP contribution in [0, 0.1) is 6.92 Å². The number of nitrogens with zero attached hydrogens (tertiary/aromatic N) is 1. The molecule has 2 aromatic rings. The normalized spacial score (nSPS) is 10.3. The van der Waals surface area contributed by atoms with Gasteiger partial charge >= 0.3 is 0 Å². The van der Waals surface area contributed by atoms with E-state index in [0.717, 1.165) is 30.0 Å². The van der Waals surface area contributed by atoms with E-state index >= 15 is 0 Å². The first kappa shape index (κ1) is 17.9. The Hall–Kier alpha value is -2.49. The van der Waals surface area contributed by atoms with Gasteiger partial charge in [0.2, 0.25) is 5.91 Å². The fourth-order valence-corrected chi connectivity index (χ4v) is 2.61. The van der Waals surface area contributed by atoms with Crippen LogP contribution in [0.1, 0.15) is 18.1 Å². The van der Waals surface area contributed by atoms with Crippen LogP contribution in [-0.2, 0) is 11.2 Å². The molecule has 0 saturated heterocycles. The predicted octanol–water partition coefficient (Wildman–Crippen LogP) is 3.19. The molecule has 2 rings (SSSR count). The number of hydrogen-bond donors (Lipinski definition) is 1. The maximum absolute atomic E-state index is 12.2. The highest BCUT2D eigenvalue weighted by Gasteiger charge is 2.09. The number of methoxy groups -OCH3 is 1. The van der Waals surface area contributed by atoms with E-state index in [4.69, 9.17) is 4.74 Å². The van der Waals surface area contributed by atoms with Crippen LogP contribution in [0.5, 0.6) is 5.75 Å². The Morgan fingerprint density at radius 1 is 1.17 bits per heavy atom. The first-order valence-electron chi connectivity index (χ1n) is 8.33. The summed E-state index contributed by atoms with van der Waals surface area (Å²) in [6.07, 6.45) is 0.791. The lowest BCUT2D eigenvalue weighted by atomic mass is 10.1. The van der Waals surface area contributed by atoms with Crippen molar-refractivity contribution < 1.29 is 9.53 Å². The fourth-order valence-electron chi connectivity index (χ4n) is 2.61. The number of anilines is 1. The van der Waals surface area contributed by atoms with Crippen LogP contribution in [0.25, 0.3) is 0 Å². The Labute approximate surface area is 144 Å². The summed E-state index contributed by atoms with van der Waals surface area (Å²) >= 11 is 0. The van der Waals surface area contributed by atoms with Crippen molar-refractivity contribution in [3.05, 3.63) is 59.7 Å². The van der Waals surface area contributed by atoms with Gasteiger partial charge in [-0.25, -0.2) is 0 Å². The van der Waals surface area contributed by atoms with Crippen molar-refractivity contribution in [1.82, 2.24) is 5.32 Å². The molecule has 0 aromatic heterocycles. The monoisotopic (exact) mass is 326 g/mol. The lowest BCUT2D eigenvalue weighted by Gasteiger charge is -2.23. The van der Waals surface area contributed by atoms with E-state index in [1.807, 2.05) is 36.4 Å². The summed E-state index contributed by atoms with van der Waals surface area (Å²) in [5.41, 5.74) is 3.44. The summed E-state index contributed by atoms with van der Waals surface area (Å²) in [5.74, 6) is 0.886. The maximum Gasteiger partial charge on any atom is 0.239 e. The van der Waals surface area contributed by atoms with E-state index in [2.05, 4.69) is 36.2 Å². The summed E-state index contributed by atoms with van der Waals surface area (Å²) < 4.78 is 5.21. The van der Waals surface area contributed by atoms with Gasteiger partial charge in [0.25, 0.3) is 0 Å². The third kappa shape index (κ3) is 5.30. The van der Waals surface area contributed by atoms with E-state index in [1.165, 1.54) is 5.56 Å². The minimum atomic E-state index is 0.0428. The molecule has 0 aliphatic carbocycles. The van der Waals surface area contributed by atoms with Gasteiger partial charge in [0, 0.05) is 18.8 Å². The second kappa shape index (κ2) is 8.96. The van der Waals surface area contributed by atoms with Crippen LogP contribution in [0.15, 0.2) is 48.5 Å². The smallest absolute Gasteiger partial charge is 0.239 e. The number of nitrogens with one attached hydrogen (secondary N) is 1. The number of ether oxygens (including phenoxy) is 1. The van der Waals surface area contributed by atoms with E-state index in [0.29, 0.717) is 13.1 Å². The average molecular weight is 326 g/mol. The number of rotatable bonds is 8. The average Bonchev–Trinajstić information content (AvgIpc) is 2.60. The highest BCUT2D eigenvalue weighted by Crippen LogP contribution is 2.15. The molecule has 0 aliphatic rings. The van der Waals surface area contributed by atoms with Gasteiger partial charge in [0.05, 0.1) is 13.7 Å². The summed E-state index contributed by atoms with van der Waals surface area (Å²) in [6.45, 7) is 5.92. The molecule has 0 saturated carbocycles. The molecule has 0 heterocycles. The number of likely N-dealkylation sites (N-methyl/N-ethyl adjacent to an activating group) is 1. The minimum absolute atomic E-state index is 0.0428. The van der Waals surface area contributed by atoms with E-state index < -0.39 is 0 Å². The van der Waals surface area contributed by atoms with E-state index in [9.17, 15) is 4.79 Å². The molecule has 0 bridgehead atoms. The molecule has 1 N–H and O–H groups in total. The Balaban J connectivity index is 1.83. The first-order valence-corrected chi connectivity index (χ1v) is 8.33. The summed E-state index contributed by atoms with van der Waals surface area (Å²) in [6, 6.07) is 16.2. The number of hydrogen-bond acceptors (Lipinski definition) is 3. The molecule has 0 unspecified atom stereocenters. The van der Waals surface area contributed by atoms with Crippen LogP contribution in [0.4, 0.5) is 5.69 Å². The minimum Gasteiger partial charge on any atom is -0.497 e. The van der Waals surface area contributed by atoms with Gasteiger partial charge in [-0.05, 0) is 55.7 Å². The topological polar surface area (TPSA) is 41.6 Å². The summed E-state index contributed by atoms with van der Waals surface area (Å²) in [7, 11) is 1.66. The van der Waals surface area contributed by atoms with Crippen molar-refractivity contribution in [3.63, 3.8) is 0 Å². The molecule has 0 atom stereocenters. The lowest BCUT2D eigenvalue weighted by Crippen LogP contribution is -2.38. The van der Waals surface area contributed by atoms with Gasteiger partial charge in [-0.2, -0.15) is 0 Å². The number of carbonyl (C=O) groups excluding carboxylic acids is 1. The zero-order chi connectivity index (χ0) is 17.4. The number of carbonyl (C=O) groups is 1. The predicted molar refractivity (Wildman–Crippen MR) is 98.8 cm³/mol. The molecule has 0 radical (unpaired) electrons. The number of amides is 1. The molecule has 0 aliphatic heterocycles. The molecule has 128 valence electrons. The Morgan fingerprint density at radius 3 is 2.67 bits per heavy atom. The number of aryl methyl sites for hydroxylation is 1. The molecule has 0 spiro atoms. The van der Waals surface area contributed by atoms with E-state index in [1.54, 1.807) is 7.11 Å². The largest absolute Gasteiger partial charge is 0.497 e. The van der Waals surface area contributed by atoms with Crippen LogP contribution in [-0.4, -0.2) is 32.7 Å². The second-order valence-electron chi connectivity index (χ2n) is 5.80. The van der Waals surface area contributed by atoms with Gasteiger partial charge in [0.15, 0.2) is 0 Å². The fraction of sp³-hybridized carbons (Fsp3) is 0.350. The molecular formula is C20H26N2O2. The zero-order valence-corrected chi connectivity index (χ0v) is 14.7. The third-order valence-electron chi connectivity index (χ3n) is 3.95. The molecular weight excluding hydrogens is 300 g/mol. The standard InChI is InChI=1S/C20H26N2O2/c1-4-22(18-9-5-7-16(2)13-18)15-20(23)21-12-11-17-8-6-10-19(14-17)24-3/h5-10,13-14H,4,11-12,15H2,1-3H3,(H,21,23). The summed E-state index contributed by atoms with van der Waals surface area (Å²) in [4.78, 5) is 14.3. The van der Waals surface area contributed by atoms with Crippen molar-refractivity contribution in [2.45, 2.75) is 20.3 Å². The van der Waals surface area contributed by atoms with Crippen LogP contribution < -0.4 is 15.0 Å². The third-order valence-corrected chi connectivity index (χ3v) is 3.95. The van der Waals surface area contributed by atoms with Crippen molar-refractivity contribution in [2.75, 3.05) is 31.6 Å². The molecule has 24 heavy (non-hydrogen) atoms. The maximum atomic E-state index is 12.2. The van der Waals surface area contributed by atoms with Gasteiger partial charge < -0.3 is 15.0 Å². The number of benzene rings is 2. The molecule has 4 nitrogen and oxygen atoms in total. The van der Waals surface area contributed by atoms with Gasteiger partial charge in [-0.3, -0.25) is 4.79 Å². The Kier molecular flexibility index (Phi) is 6.67. The van der Waals surface area contributed by atoms with Crippen LogP contribution >= 0.6 is 0 Å². The Bertz CT molecular complexity index is 670. The lowest BCUT2D eigenvalue weighted by molar-refractivity contribution is -0.119. The molecule has 1 amide bonds. The van der Waals surface area contributed by atoms with Crippen LogP contribution in [0.2, 0.25) is 0 Å². The van der Waals surface area contributed by atoms with Gasteiger partial charge in [-0.15, -0.1) is 0 Å². The van der Waals surface area contributed by atoms with Crippen LogP contribution in [0.3, 0.4) is 0 Å². The van der Waals surface area contributed by atoms with Crippen molar-refractivity contribution in [3.8, 4) is 5.75 Å². The van der Waals surface area contributed by atoms with Gasteiger partial charge in [-0.1, -0.05) is 24.3 Å². The van der Waals surface area contributed by atoms with Crippen molar-refractivity contribution >= 4 is 11.6 Å². The summed E-state index contributed by atoms with van der Waals surface area (Å²) in [5, 5.41) is 3.00. The van der Waals surface area contributed by atoms with E-state index in [-0.39, 0.29) is 5.91 Å². The Morgan fingerprint density at radius 2 is 1.96 bits per heavy atom. The molecule has 2 aromatic carbocycles. The second-order valence-corrected chi connectivity index (χ2v) is 5.80. The van der Waals surface area contributed by atoms with Crippen molar-refractivity contribution in [1.29, 1.82) is 0 Å². The van der Waals surface area contributed by atoms with Crippen molar-refractivity contribution in [2.24, 2.45) is 0 Å². The molecule has 4 heteroatoms. The SMILES string of the molecule is CCN(CC(=O)NCCc1cccc(OC)c1)c1cccc(C)c1. The van der Waals surface area contributed by atoms with Gasteiger partial charge in [0.1, 0.15) is 5.75 Å². The molecule has 0 fully saturated rings. The highest BCUT2D eigenvalue weighted by molar-refractivity contribution is 5.81. The highest BCUT2D eigenvalue weighted by atomic mass is 16.5. The first-order chi connectivity index (χ1) is 11.6. The zero-order valence-electron chi connectivity index (χ0n) is 14.7.